The molecule has 0 saturated heterocycles. The Labute approximate surface area is 119 Å². The van der Waals surface area contributed by atoms with Crippen LogP contribution in [0.3, 0.4) is 0 Å². The number of benzene rings is 1. The van der Waals surface area contributed by atoms with E-state index in [-0.39, 0.29) is 11.5 Å². The topological polar surface area (TPSA) is 62.5 Å². The lowest BCUT2D eigenvalue weighted by Gasteiger charge is -2.19. The summed E-state index contributed by atoms with van der Waals surface area (Å²) in [6.07, 6.45) is 1.51. The molecular weight excluding hydrogens is 276 g/mol. The molecule has 20 heavy (non-hydrogen) atoms. The van der Waals surface area contributed by atoms with Gasteiger partial charge >= 0.3 is 0 Å². The predicted molar refractivity (Wildman–Crippen MR) is 78.1 cm³/mol. The van der Waals surface area contributed by atoms with E-state index in [1.807, 2.05) is 25.1 Å². The highest BCUT2D eigenvalue weighted by Gasteiger charge is 2.23. The summed E-state index contributed by atoms with van der Waals surface area (Å²) in [7, 11) is -0.390. The van der Waals surface area contributed by atoms with Crippen LogP contribution in [0.2, 0.25) is 0 Å². The zero-order valence-electron chi connectivity index (χ0n) is 11.7. The summed E-state index contributed by atoms with van der Waals surface area (Å²) >= 11 is 0. The molecule has 1 N–H and O–H groups in total. The van der Waals surface area contributed by atoms with Crippen molar-refractivity contribution in [3.8, 4) is 0 Å². The minimum Gasteiger partial charge on any atom is -0.390 e. The molecule has 0 saturated carbocycles. The second-order valence-electron chi connectivity index (χ2n) is 4.75. The zero-order valence-corrected chi connectivity index (χ0v) is 12.6. The van der Waals surface area contributed by atoms with E-state index < -0.39 is 10.0 Å². The van der Waals surface area contributed by atoms with E-state index in [1.54, 1.807) is 17.7 Å². The van der Waals surface area contributed by atoms with Crippen LogP contribution in [0.1, 0.15) is 11.3 Å². The average molecular weight is 294 g/mol. The standard InChI is InChI=1S/C14H18N2O3S/c1-11-5-4-6-12(7-11)16(3)20(18,19)14-8-13(10-17)15(2)9-14/h4-9,17H,10H2,1-3H3. The van der Waals surface area contributed by atoms with E-state index in [0.29, 0.717) is 11.4 Å². The van der Waals surface area contributed by atoms with Crippen molar-refractivity contribution in [3.63, 3.8) is 0 Å². The molecule has 0 fully saturated rings. The van der Waals surface area contributed by atoms with Crippen molar-refractivity contribution in [3.05, 3.63) is 47.8 Å². The molecule has 1 aromatic carbocycles. The number of aromatic nitrogens is 1. The van der Waals surface area contributed by atoms with Crippen LogP contribution in [0.25, 0.3) is 0 Å². The van der Waals surface area contributed by atoms with Crippen molar-refractivity contribution in [2.75, 3.05) is 11.4 Å². The van der Waals surface area contributed by atoms with E-state index in [0.717, 1.165) is 5.56 Å². The van der Waals surface area contributed by atoms with E-state index in [4.69, 9.17) is 5.11 Å². The van der Waals surface area contributed by atoms with Gasteiger partial charge in [-0.15, -0.1) is 0 Å². The average Bonchev–Trinajstić information content (AvgIpc) is 2.79. The highest BCUT2D eigenvalue weighted by molar-refractivity contribution is 7.92. The normalized spacial score (nSPS) is 11.6. The van der Waals surface area contributed by atoms with Crippen LogP contribution in [-0.4, -0.2) is 25.1 Å². The number of hydrogen-bond donors (Lipinski definition) is 1. The summed E-state index contributed by atoms with van der Waals surface area (Å²) in [5.74, 6) is 0. The monoisotopic (exact) mass is 294 g/mol. The lowest BCUT2D eigenvalue weighted by Crippen LogP contribution is -2.26. The first-order chi connectivity index (χ1) is 9.36. The van der Waals surface area contributed by atoms with Gasteiger partial charge in [-0.25, -0.2) is 8.42 Å². The van der Waals surface area contributed by atoms with Crippen LogP contribution in [0, 0.1) is 6.92 Å². The number of aryl methyl sites for hydroxylation is 2. The van der Waals surface area contributed by atoms with Crippen LogP contribution in [0.5, 0.6) is 0 Å². The van der Waals surface area contributed by atoms with Crippen LogP contribution in [-0.2, 0) is 23.7 Å². The fourth-order valence-electron chi connectivity index (χ4n) is 2.00. The van der Waals surface area contributed by atoms with E-state index in [2.05, 4.69) is 0 Å². The molecule has 0 atom stereocenters. The fourth-order valence-corrected chi connectivity index (χ4v) is 3.28. The van der Waals surface area contributed by atoms with Gasteiger partial charge in [0.15, 0.2) is 0 Å². The number of aliphatic hydroxyl groups is 1. The Morgan fingerprint density at radius 3 is 2.55 bits per heavy atom. The summed E-state index contributed by atoms with van der Waals surface area (Å²) in [6, 6.07) is 8.78. The first-order valence-corrected chi connectivity index (χ1v) is 7.62. The quantitative estimate of drug-likeness (QED) is 0.932. The smallest absolute Gasteiger partial charge is 0.265 e. The van der Waals surface area contributed by atoms with Gasteiger partial charge in [0.2, 0.25) is 0 Å². The summed E-state index contributed by atoms with van der Waals surface area (Å²) in [5.41, 5.74) is 2.16. The van der Waals surface area contributed by atoms with Gasteiger partial charge in [0, 0.05) is 26.0 Å². The van der Waals surface area contributed by atoms with E-state index in [9.17, 15) is 8.42 Å². The summed E-state index contributed by atoms with van der Waals surface area (Å²) in [4.78, 5) is 0.174. The minimum atomic E-state index is -3.62. The van der Waals surface area contributed by atoms with Crippen LogP contribution in [0.15, 0.2) is 41.4 Å². The summed E-state index contributed by atoms with van der Waals surface area (Å²) in [6.45, 7) is 1.72. The molecule has 0 spiro atoms. The number of sulfonamides is 1. The maximum atomic E-state index is 12.6. The zero-order chi connectivity index (χ0) is 14.9. The van der Waals surface area contributed by atoms with Crippen molar-refractivity contribution >= 4 is 15.7 Å². The van der Waals surface area contributed by atoms with Crippen molar-refractivity contribution in [1.82, 2.24) is 4.57 Å². The maximum Gasteiger partial charge on any atom is 0.265 e. The molecule has 6 heteroatoms. The molecule has 1 heterocycles. The first-order valence-electron chi connectivity index (χ1n) is 6.18. The van der Waals surface area contributed by atoms with Gasteiger partial charge in [-0.05, 0) is 30.7 Å². The van der Waals surface area contributed by atoms with Gasteiger partial charge in [0.05, 0.1) is 12.3 Å². The van der Waals surface area contributed by atoms with Gasteiger partial charge in [0.25, 0.3) is 10.0 Å². The second-order valence-corrected chi connectivity index (χ2v) is 6.72. The Balaban J connectivity index is 2.43. The Morgan fingerprint density at radius 2 is 2.00 bits per heavy atom. The molecule has 2 aromatic rings. The van der Waals surface area contributed by atoms with E-state index >= 15 is 0 Å². The van der Waals surface area contributed by atoms with Gasteiger partial charge in [-0.1, -0.05) is 12.1 Å². The lowest BCUT2D eigenvalue weighted by molar-refractivity contribution is 0.272. The van der Waals surface area contributed by atoms with Crippen LogP contribution in [0.4, 0.5) is 5.69 Å². The number of aliphatic hydroxyl groups excluding tert-OH is 1. The molecule has 0 radical (unpaired) electrons. The molecular formula is C14H18N2O3S. The van der Waals surface area contributed by atoms with Crippen molar-refractivity contribution in [2.24, 2.45) is 7.05 Å². The Kier molecular flexibility index (Phi) is 3.87. The maximum absolute atomic E-state index is 12.6. The van der Waals surface area contributed by atoms with Crippen molar-refractivity contribution in [2.45, 2.75) is 18.4 Å². The van der Waals surface area contributed by atoms with Crippen molar-refractivity contribution in [1.29, 1.82) is 0 Å². The third kappa shape index (κ3) is 2.57. The summed E-state index contributed by atoms with van der Waals surface area (Å²) < 4.78 is 28.0. The molecule has 108 valence electrons. The molecule has 2 rings (SSSR count). The Morgan fingerprint density at radius 1 is 1.30 bits per heavy atom. The highest BCUT2D eigenvalue weighted by Crippen LogP contribution is 2.24. The first kappa shape index (κ1) is 14.6. The number of anilines is 1. The highest BCUT2D eigenvalue weighted by atomic mass is 32.2. The molecule has 0 aliphatic rings. The Hall–Kier alpha value is -1.79. The molecule has 5 nitrogen and oxygen atoms in total. The molecule has 0 aliphatic carbocycles. The Bertz CT molecular complexity index is 720. The molecule has 0 unspecified atom stereocenters. The molecule has 0 bridgehead atoms. The third-order valence-corrected chi connectivity index (χ3v) is 5.02. The second kappa shape index (κ2) is 5.30. The minimum absolute atomic E-state index is 0.174. The van der Waals surface area contributed by atoms with Crippen molar-refractivity contribution < 1.29 is 13.5 Å². The lowest BCUT2D eigenvalue weighted by atomic mass is 10.2. The number of hydrogen-bond acceptors (Lipinski definition) is 3. The largest absolute Gasteiger partial charge is 0.390 e. The number of nitrogens with zero attached hydrogens (tertiary/aromatic N) is 2. The summed E-state index contributed by atoms with van der Waals surface area (Å²) in [5, 5.41) is 9.16. The fraction of sp³-hybridized carbons (Fsp3) is 0.286. The van der Waals surface area contributed by atoms with Gasteiger partial charge < -0.3 is 9.67 Å². The SMILES string of the molecule is Cc1cccc(N(C)S(=O)(=O)c2cc(CO)n(C)c2)c1. The van der Waals surface area contributed by atoms with Crippen LogP contribution >= 0.6 is 0 Å². The van der Waals surface area contributed by atoms with Gasteiger partial charge in [-0.3, -0.25) is 4.31 Å². The van der Waals surface area contributed by atoms with Crippen LogP contribution < -0.4 is 4.31 Å². The third-order valence-electron chi connectivity index (χ3n) is 3.27. The van der Waals surface area contributed by atoms with Gasteiger partial charge in [0.1, 0.15) is 4.90 Å². The number of rotatable bonds is 4. The van der Waals surface area contributed by atoms with E-state index in [1.165, 1.54) is 23.6 Å². The predicted octanol–water partition coefficient (Wildman–Crippen LogP) is 1.65. The molecule has 0 amide bonds. The van der Waals surface area contributed by atoms with Gasteiger partial charge in [-0.2, -0.15) is 0 Å². The molecule has 0 aliphatic heterocycles. The molecule has 1 aromatic heterocycles.